The van der Waals surface area contributed by atoms with Gasteiger partial charge in [-0.15, -0.1) is 12.4 Å². The van der Waals surface area contributed by atoms with Gasteiger partial charge in [-0.3, -0.25) is 9.78 Å². The monoisotopic (exact) mass is 255 g/mol. The number of nitrogens with zero attached hydrogens (tertiary/aromatic N) is 1. The molecule has 1 amide bonds. The first-order chi connectivity index (χ1) is 7.75. The number of pyridine rings is 1. The molecule has 1 fully saturated rings. The van der Waals surface area contributed by atoms with E-state index >= 15 is 0 Å². The smallest absolute Gasteiger partial charge is 0.227 e. The quantitative estimate of drug-likeness (QED) is 0.848. The minimum Gasteiger partial charge on any atom is -0.326 e. The van der Waals surface area contributed by atoms with Crippen molar-refractivity contribution < 1.29 is 4.79 Å². The number of carbonyl (C=O) groups is 1. The van der Waals surface area contributed by atoms with Gasteiger partial charge in [0.1, 0.15) is 0 Å². The molecular formula is C12H18ClN3O. The number of aromatic nitrogens is 1. The molecule has 94 valence electrons. The lowest BCUT2D eigenvalue weighted by atomic mass is 9.92. The average Bonchev–Trinajstić information content (AvgIpc) is 2.30. The molecule has 0 aromatic carbocycles. The minimum absolute atomic E-state index is 0. The van der Waals surface area contributed by atoms with Crippen molar-refractivity contribution in [2.75, 3.05) is 11.9 Å². The highest BCUT2D eigenvalue weighted by atomic mass is 35.5. The molecule has 1 aromatic heterocycles. The molecular weight excluding hydrogens is 238 g/mol. The number of hydrogen-bond donors (Lipinski definition) is 2. The van der Waals surface area contributed by atoms with Crippen LogP contribution in [0, 0.1) is 5.92 Å². The number of rotatable bonds is 2. The Morgan fingerprint density at radius 3 is 2.82 bits per heavy atom. The molecule has 0 saturated carbocycles. The van der Waals surface area contributed by atoms with E-state index in [0.717, 1.165) is 25.1 Å². The fraction of sp³-hybridized carbons (Fsp3) is 0.500. The summed E-state index contributed by atoms with van der Waals surface area (Å²) in [5, 5.41) is 6.27. The highest BCUT2D eigenvalue weighted by molar-refractivity contribution is 5.92. The van der Waals surface area contributed by atoms with E-state index in [2.05, 4.69) is 22.5 Å². The number of anilines is 1. The van der Waals surface area contributed by atoms with E-state index in [4.69, 9.17) is 0 Å². The summed E-state index contributed by atoms with van der Waals surface area (Å²) in [6.45, 7) is 3.04. The van der Waals surface area contributed by atoms with Crippen LogP contribution in [-0.2, 0) is 4.79 Å². The molecule has 1 saturated heterocycles. The van der Waals surface area contributed by atoms with E-state index < -0.39 is 0 Å². The van der Waals surface area contributed by atoms with E-state index in [9.17, 15) is 4.79 Å². The molecule has 2 heterocycles. The van der Waals surface area contributed by atoms with E-state index in [-0.39, 0.29) is 24.2 Å². The molecule has 2 atom stereocenters. The Labute approximate surface area is 108 Å². The van der Waals surface area contributed by atoms with Crippen molar-refractivity contribution in [3.05, 3.63) is 24.5 Å². The molecule has 17 heavy (non-hydrogen) atoms. The number of carbonyl (C=O) groups excluding carboxylic acids is 1. The van der Waals surface area contributed by atoms with E-state index in [1.54, 1.807) is 12.4 Å². The van der Waals surface area contributed by atoms with E-state index in [0.29, 0.717) is 6.04 Å². The molecule has 0 bridgehead atoms. The highest BCUT2D eigenvalue weighted by Crippen LogP contribution is 2.18. The van der Waals surface area contributed by atoms with E-state index in [1.165, 1.54) is 0 Å². The summed E-state index contributed by atoms with van der Waals surface area (Å²) in [6, 6.07) is 4.05. The third kappa shape index (κ3) is 3.98. The van der Waals surface area contributed by atoms with Crippen molar-refractivity contribution in [3.8, 4) is 0 Å². The first-order valence-corrected chi connectivity index (χ1v) is 5.70. The zero-order valence-electron chi connectivity index (χ0n) is 9.85. The molecule has 2 N–H and O–H groups in total. The maximum absolute atomic E-state index is 12.0. The maximum Gasteiger partial charge on any atom is 0.227 e. The van der Waals surface area contributed by atoms with Gasteiger partial charge in [0.15, 0.2) is 0 Å². The molecule has 2 rings (SSSR count). The Bertz CT molecular complexity index is 358. The van der Waals surface area contributed by atoms with Gasteiger partial charge < -0.3 is 10.6 Å². The van der Waals surface area contributed by atoms with Crippen LogP contribution in [0.1, 0.15) is 19.8 Å². The Hall–Kier alpha value is -1.13. The van der Waals surface area contributed by atoms with Gasteiger partial charge in [-0.05, 0) is 38.4 Å². The van der Waals surface area contributed by atoms with Crippen molar-refractivity contribution in [2.24, 2.45) is 5.92 Å². The number of hydrogen-bond acceptors (Lipinski definition) is 3. The van der Waals surface area contributed by atoms with Gasteiger partial charge in [-0.1, -0.05) is 0 Å². The molecule has 0 aliphatic carbocycles. The summed E-state index contributed by atoms with van der Waals surface area (Å²) in [6.07, 6.45) is 5.19. The largest absolute Gasteiger partial charge is 0.326 e. The first kappa shape index (κ1) is 13.9. The zero-order chi connectivity index (χ0) is 11.4. The molecule has 1 aliphatic rings. The summed E-state index contributed by atoms with van der Waals surface area (Å²) >= 11 is 0. The van der Waals surface area contributed by atoms with Crippen LogP contribution in [0.5, 0.6) is 0 Å². The normalized spacial score (nSPS) is 23.6. The third-order valence-corrected chi connectivity index (χ3v) is 2.94. The first-order valence-electron chi connectivity index (χ1n) is 5.70. The van der Waals surface area contributed by atoms with Gasteiger partial charge in [0.25, 0.3) is 0 Å². The maximum atomic E-state index is 12.0. The fourth-order valence-corrected chi connectivity index (χ4v) is 2.05. The van der Waals surface area contributed by atoms with Crippen molar-refractivity contribution in [3.63, 3.8) is 0 Å². The summed E-state index contributed by atoms with van der Waals surface area (Å²) in [5.41, 5.74) is 0.825. The lowest BCUT2D eigenvalue weighted by Crippen LogP contribution is -2.40. The number of nitrogens with one attached hydrogen (secondary N) is 2. The van der Waals surface area contributed by atoms with Crippen molar-refractivity contribution in [2.45, 2.75) is 25.8 Å². The Morgan fingerprint density at radius 2 is 2.18 bits per heavy atom. The van der Waals surface area contributed by atoms with Crippen LogP contribution in [0.3, 0.4) is 0 Å². The molecule has 4 nitrogen and oxygen atoms in total. The highest BCUT2D eigenvalue weighted by Gasteiger charge is 2.24. The predicted octanol–water partition coefficient (Wildman–Crippen LogP) is 1.83. The molecule has 1 aromatic rings. The van der Waals surface area contributed by atoms with Crippen LogP contribution < -0.4 is 10.6 Å². The second-order valence-corrected chi connectivity index (χ2v) is 4.30. The molecule has 1 aliphatic heterocycles. The summed E-state index contributed by atoms with van der Waals surface area (Å²) in [4.78, 5) is 15.9. The standard InChI is InChI=1S/C12H17N3O.ClH/c1-9-8-10(2-7-14-9)12(16)15-11-3-5-13-6-4-11;/h3-6,9-10,14H,2,7-8H2,1H3,(H,13,15,16);1H/t9-,10-;/m0./s1. The zero-order valence-corrected chi connectivity index (χ0v) is 10.7. The molecule has 0 radical (unpaired) electrons. The van der Waals surface area contributed by atoms with Crippen LogP contribution in [0.25, 0.3) is 0 Å². The second kappa shape index (κ2) is 6.57. The van der Waals surface area contributed by atoms with Gasteiger partial charge in [-0.2, -0.15) is 0 Å². The molecule has 5 heteroatoms. The predicted molar refractivity (Wildman–Crippen MR) is 70.3 cm³/mol. The minimum atomic E-state index is 0. The Kier molecular flexibility index (Phi) is 5.38. The van der Waals surface area contributed by atoms with Crippen LogP contribution in [0.15, 0.2) is 24.5 Å². The molecule has 0 unspecified atom stereocenters. The lowest BCUT2D eigenvalue weighted by molar-refractivity contribution is -0.120. The van der Waals surface area contributed by atoms with Gasteiger partial charge >= 0.3 is 0 Å². The third-order valence-electron chi connectivity index (χ3n) is 2.94. The van der Waals surface area contributed by atoms with E-state index in [1.807, 2.05) is 12.1 Å². The number of piperidine rings is 1. The van der Waals surface area contributed by atoms with Crippen molar-refractivity contribution >= 4 is 24.0 Å². The average molecular weight is 256 g/mol. The van der Waals surface area contributed by atoms with Gasteiger partial charge in [-0.25, -0.2) is 0 Å². The SMILES string of the molecule is C[C@H]1C[C@@H](C(=O)Nc2ccncc2)CCN1.Cl. The summed E-state index contributed by atoms with van der Waals surface area (Å²) < 4.78 is 0. The van der Waals surface area contributed by atoms with Crippen molar-refractivity contribution in [1.29, 1.82) is 0 Å². The van der Waals surface area contributed by atoms with Gasteiger partial charge in [0, 0.05) is 30.0 Å². The summed E-state index contributed by atoms with van der Waals surface area (Å²) in [5.74, 6) is 0.254. The number of halogens is 1. The van der Waals surface area contributed by atoms with Gasteiger partial charge in [0.05, 0.1) is 0 Å². The second-order valence-electron chi connectivity index (χ2n) is 4.30. The van der Waals surface area contributed by atoms with Crippen LogP contribution >= 0.6 is 12.4 Å². The Morgan fingerprint density at radius 1 is 1.47 bits per heavy atom. The molecule has 0 spiro atoms. The van der Waals surface area contributed by atoms with Crippen LogP contribution in [0.2, 0.25) is 0 Å². The Balaban J connectivity index is 0.00000144. The number of amides is 1. The van der Waals surface area contributed by atoms with Crippen LogP contribution in [0.4, 0.5) is 5.69 Å². The lowest BCUT2D eigenvalue weighted by Gasteiger charge is -2.27. The summed E-state index contributed by atoms with van der Waals surface area (Å²) in [7, 11) is 0. The topological polar surface area (TPSA) is 54.0 Å². The van der Waals surface area contributed by atoms with Crippen LogP contribution in [-0.4, -0.2) is 23.5 Å². The van der Waals surface area contributed by atoms with Crippen molar-refractivity contribution in [1.82, 2.24) is 10.3 Å². The fourth-order valence-electron chi connectivity index (χ4n) is 2.05. The van der Waals surface area contributed by atoms with Gasteiger partial charge in [0.2, 0.25) is 5.91 Å².